The SMILES string of the molecule is C=C[C@H]1[C@H](OC)OCC[C@@]12C(=O)N(C)c1ccccc12. The normalized spacial score (nSPS) is 32.5. The van der Waals surface area contributed by atoms with Crippen molar-refractivity contribution < 1.29 is 14.3 Å². The Bertz CT molecular complexity index is 556. The maximum absolute atomic E-state index is 12.9. The molecule has 1 amide bonds. The zero-order valence-corrected chi connectivity index (χ0v) is 11.8. The van der Waals surface area contributed by atoms with Gasteiger partial charge in [-0.05, 0) is 18.1 Å². The molecule has 2 heterocycles. The molecule has 0 saturated carbocycles. The number of para-hydroxylation sites is 1. The Morgan fingerprint density at radius 1 is 1.50 bits per heavy atom. The van der Waals surface area contributed by atoms with Crippen molar-refractivity contribution in [1.82, 2.24) is 0 Å². The van der Waals surface area contributed by atoms with E-state index in [-0.39, 0.29) is 11.8 Å². The van der Waals surface area contributed by atoms with E-state index in [0.717, 1.165) is 11.3 Å². The molecule has 1 aromatic rings. The van der Waals surface area contributed by atoms with Gasteiger partial charge in [-0.25, -0.2) is 0 Å². The van der Waals surface area contributed by atoms with Crippen molar-refractivity contribution in [2.45, 2.75) is 18.1 Å². The quantitative estimate of drug-likeness (QED) is 0.775. The molecule has 2 aliphatic heterocycles. The van der Waals surface area contributed by atoms with Gasteiger partial charge in [0, 0.05) is 25.8 Å². The van der Waals surface area contributed by atoms with Crippen molar-refractivity contribution in [3.63, 3.8) is 0 Å². The third-order valence-electron chi connectivity index (χ3n) is 4.56. The lowest BCUT2D eigenvalue weighted by atomic mass is 9.67. The number of likely N-dealkylation sites (N-methyl/N-ethyl adjacent to an activating group) is 1. The fourth-order valence-corrected chi connectivity index (χ4v) is 3.60. The van der Waals surface area contributed by atoms with E-state index in [1.807, 2.05) is 31.3 Å². The van der Waals surface area contributed by atoms with Gasteiger partial charge in [-0.3, -0.25) is 4.79 Å². The highest BCUT2D eigenvalue weighted by atomic mass is 16.7. The van der Waals surface area contributed by atoms with Gasteiger partial charge in [0.1, 0.15) is 0 Å². The number of anilines is 1. The number of carbonyl (C=O) groups excluding carboxylic acids is 1. The first-order valence-corrected chi connectivity index (χ1v) is 6.81. The highest BCUT2D eigenvalue weighted by Gasteiger charge is 2.57. The molecule has 1 spiro atoms. The zero-order valence-electron chi connectivity index (χ0n) is 11.8. The largest absolute Gasteiger partial charge is 0.355 e. The van der Waals surface area contributed by atoms with Gasteiger partial charge in [-0.2, -0.15) is 0 Å². The molecule has 4 heteroatoms. The Kier molecular flexibility index (Phi) is 3.15. The standard InChI is InChI=1S/C16H19NO3/c1-4-11-14(19-3)20-10-9-16(11)12-7-5-6-8-13(12)17(2)15(16)18/h4-8,11,14H,1,9-10H2,2-3H3/t11-,14+,16+/m0/s1. The highest BCUT2D eigenvalue weighted by Crippen LogP contribution is 2.51. The predicted octanol–water partition coefficient (Wildman–Crippen LogP) is 2.10. The average Bonchev–Trinajstić information content (AvgIpc) is 2.71. The molecule has 20 heavy (non-hydrogen) atoms. The van der Waals surface area contributed by atoms with Gasteiger partial charge in [0.25, 0.3) is 0 Å². The summed E-state index contributed by atoms with van der Waals surface area (Å²) in [5.41, 5.74) is 1.43. The summed E-state index contributed by atoms with van der Waals surface area (Å²) in [5, 5.41) is 0. The number of benzene rings is 1. The van der Waals surface area contributed by atoms with Gasteiger partial charge in [0.15, 0.2) is 6.29 Å². The summed E-state index contributed by atoms with van der Waals surface area (Å²) >= 11 is 0. The van der Waals surface area contributed by atoms with Crippen LogP contribution in [0.4, 0.5) is 5.69 Å². The van der Waals surface area contributed by atoms with Crippen molar-refractivity contribution in [2.75, 3.05) is 25.7 Å². The number of nitrogens with zero attached hydrogens (tertiary/aromatic N) is 1. The van der Waals surface area contributed by atoms with E-state index in [1.54, 1.807) is 18.1 Å². The third kappa shape index (κ3) is 1.52. The number of fused-ring (bicyclic) bond motifs is 2. The summed E-state index contributed by atoms with van der Waals surface area (Å²) in [7, 11) is 3.43. The molecule has 0 radical (unpaired) electrons. The first-order valence-electron chi connectivity index (χ1n) is 6.81. The second-order valence-corrected chi connectivity index (χ2v) is 5.34. The Morgan fingerprint density at radius 2 is 2.25 bits per heavy atom. The van der Waals surface area contributed by atoms with E-state index in [0.29, 0.717) is 13.0 Å². The fourth-order valence-electron chi connectivity index (χ4n) is 3.60. The molecule has 3 atom stereocenters. The van der Waals surface area contributed by atoms with Gasteiger partial charge in [0.05, 0.1) is 12.0 Å². The zero-order chi connectivity index (χ0) is 14.3. The summed E-state index contributed by atoms with van der Waals surface area (Å²) in [5.74, 6) is -0.0752. The van der Waals surface area contributed by atoms with E-state index >= 15 is 0 Å². The molecule has 1 fully saturated rings. The number of methoxy groups -OCH3 is 1. The van der Waals surface area contributed by atoms with E-state index in [9.17, 15) is 4.79 Å². The van der Waals surface area contributed by atoms with Crippen molar-refractivity contribution in [2.24, 2.45) is 5.92 Å². The summed E-state index contributed by atoms with van der Waals surface area (Å²) in [6, 6.07) is 7.95. The molecular formula is C16H19NO3. The molecule has 1 aromatic carbocycles. The minimum atomic E-state index is -0.605. The van der Waals surface area contributed by atoms with Crippen LogP contribution in [0.5, 0.6) is 0 Å². The Labute approximate surface area is 119 Å². The molecule has 2 aliphatic rings. The Morgan fingerprint density at radius 3 is 2.95 bits per heavy atom. The summed E-state index contributed by atoms with van der Waals surface area (Å²) in [6.07, 6.45) is 2.02. The van der Waals surface area contributed by atoms with Gasteiger partial charge < -0.3 is 14.4 Å². The second-order valence-electron chi connectivity index (χ2n) is 5.34. The minimum Gasteiger partial charge on any atom is -0.355 e. The minimum absolute atomic E-state index is 0.106. The second kappa shape index (κ2) is 4.72. The number of amides is 1. The van der Waals surface area contributed by atoms with Crippen LogP contribution >= 0.6 is 0 Å². The topological polar surface area (TPSA) is 38.8 Å². The molecule has 4 nitrogen and oxygen atoms in total. The Balaban J connectivity index is 2.19. The number of ether oxygens (including phenoxy) is 2. The van der Waals surface area contributed by atoms with E-state index < -0.39 is 11.7 Å². The maximum Gasteiger partial charge on any atom is 0.238 e. The van der Waals surface area contributed by atoms with Gasteiger partial charge in [0.2, 0.25) is 5.91 Å². The maximum atomic E-state index is 12.9. The van der Waals surface area contributed by atoms with Crippen molar-refractivity contribution in [3.05, 3.63) is 42.5 Å². The van der Waals surface area contributed by atoms with Crippen LogP contribution in [0.2, 0.25) is 0 Å². The molecule has 0 bridgehead atoms. The van der Waals surface area contributed by atoms with Gasteiger partial charge >= 0.3 is 0 Å². The van der Waals surface area contributed by atoms with Crippen LogP contribution in [0, 0.1) is 5.92 Å². The lowest BCUT2D eigenvalue weighted by Crippen LogP contribution is -2.53. The fraction of sp³-hybridized carbons (Fsp3) is 0.438. The molecule has 3 rings (SSSR count). The van der Waals surface area contributed by atoms with E-state index in [4.69, 9.17) is 9.47 Å². The number of hydrogen-bond donors (Lipinski definition) is 0. The first-order chi connectivity index (χ1) is 9.66. The van der Waals surface area contributed by atoms with Crippen LogP contribution in [0.3, 0.4) is 0 Å². The summed E-state index contributed by atoms with van der Waals surface area (Å²) < 4.78 is 11.1. The molecule has 1 saturated heterocycles. The molecule has 0 unspecified atom stereocenters. The van der Waals surface area contributed by atoms with Gasteiger partial charge in [-0.1, -0.05) is 24.3 Å². The van der Waals surface area contributed by atoms with Crippen LogP contribution < -0.4 is 4.90 Å². The van der Waals surface area contributed by atoms with E-state index in [1.165, 1.54) is 0 Å². The molecule has 0 aromatic heterocycles. The van der Waals surface area contributed by atoms with Crippen molar-refractivity contribution in [3.8, 4) is 0 Å². The van der Waals surface area contributed by atoms with Crippen molar-refractivity contribution >= 4 is 11.6 Å². The first kappa shape index (κ1) is 13.3. The molecule has 0 N–H and O–H groups in total. The van der Waals surface area contributed by atoms with Crippen LogP contribution in [0.1, 0.15) is 12.0 Å². The smallest absolute Gasteiger partial charge is 0.238 e. The third-order valence-corrected chi connectivity index (χ3v) is 4.56. The monoisotopic (exact) mass is 273 g/mol. The number of rotatable bonds is 2. The van der Waals surface area contributed by atoms with Crippen LogP contribution in [0.15, 0.2) is 36.9 Å². The van der Waals surface area contributed by atoms with Crippen molar-refractivity contribution in [1.29, 1.82) is 0 Å². The van der Waals surface area contributed by atoms with Crippen LogP contribution in [-0.2, 0) is 19.7 Å². The predicted molar refractivity (Wildman–Crippen MR) is 76.6 cm³/mol. The lowest BCUT2D eigenvalue weighted by Gasteiger charge is -2.42. The summed E-state index contributed by atoms with van der Waals surface area (Å²) in [6.45, 7) is 4.41. The van der Waals surface area contributed by atoms with E-state index in [2.05, 4.69) is 6.58 Å². The highest BCUT2D eigenvalue weighted by molar-refractivity contribution is 6.08. The van der Waals surface area contributed by atoms with Crippen LogP contribution in [0.25, 0.3) is 0 Å². The Hall–Kier alpha value is -1.65. The van der Waals surface area contributed by atoms with Crippen LogP contribution in [-0.4, -0.2) is 33.0 Å². The molecule has 0 aliphatic carbocycles. The number of hydrogen-bond acceptors (Lipinski definition) is 3. The lowest BCUT2D eigenvalue weighted by molar-refractivity contribution is -0.190. The summed E-state index contributed by atoms with van der Waals surface area (Å²) in [4.78, 5) is 14.7. The average molecular weight is 273 g/mol. The molecular weight excluding hydrogens is 254 g/mol. The van der Waals surface area contributed by atoms with Gasteiger partial charge in [-0.15, -0.1) is 6.58 Å². The number of carbonyl (C=O) groups is 1. The molecule has 106 valence electrons.